The summed E-state index contributed by atoms with van der Waals surface area (Å²) in [5.74, 6) is 0. The Kier molecular flexibility index (Phi) is 3.05. The summed E-state index contributed by atoms with van der Waals surface area (Å²) in [5, 5.41) is 0. The van der Waals surface area contributed by atoms with E-state index in [1.807, 2.05) is 28.8 Å². The van der Waals surface area contributed by atoms with Gasteiger partial charge in [0.15, 0.2) is 0 Å². The maximum Gasteiger partial charge on any atom is 0.508 e. The van der Waals surface area contributed by atoms with Crippen LogP contribution in [0.3, 0.4) is 0 Å². The van der Waals surface area contributed by atoms with Crippen LogP contribution in [0.25, 0.3) is 11.0 Å². The van der Waals surface area contributed by atoms with E-state index in [2.05, 4.69) is 9.72 Å². The zero-order valence-electron chi connectivity index (χ0n) is 8.92. The number of carbonyl (C=O) groups is 1. The summed E-state index contributed by atoms with van der Waals surface area (Å²) in [4.78, 5) is 15.0. The number of ether oxygens (including phenoxy) is 2. The maximum atomic E-state index is 10.7. The van der Waals surface area contributed by atoms with Crippen LogP contribution < -0.4 is 0 Å². The lowest BCUT2D eigenvalue weighted by molar-refractivity contribution is 0.0703. The molecule has 5 heteroatoms. The van der Waals surface area contributed by atoms with Crippen LogP contribution in [0.4, 0.5) is 4.79 Å². The number of fused-ring (bicyclic) bond motifs is 1. The number of carbonyl (C=O) groups excluding carboxylic acids is 1. The lowest BCUT2D eigenvalue weighted by Crippen LogP contribution is -2.10. The molecule has 0 spiro atoms. The minimum absolute atomic E-state index is 0.271. The summed E-state index contributed by atoms with van der Waals surface area (Å²) in [6.07, 6.45) is 1.06. The number of hydrogen-bond acceptors (Lipinski definition) is 4. The average molecular weight is 220 g/mol. The molecule has 2 rings (SSSR count). The second-order valence-electron chi connectivity index (χ2n) is 3.23. The highest BCUT2D eigenvalue weighted by atomic mass is 16.7. The third kappa shape index (κ3) is 2.13. The fourth-order valence-electron chi connectivity index (χ4n) is 1.47. The Morgan fingerprint density at radius 1 is 1.44 bits per heavy atom. The van der Waals surface area contributed by atoms with Crippen LogP contribution in [0.2, 0.25) is 0 Å². The summed E-state index contributed by atoms with van der Waals surface area (Å²) >= 11 is 0. The van der Waals surface area contributed by atoms with Crippen molar-refractivity contribution in [1.29, 1.82) is 0 Å². The monoisotopic (exact) mass is 220 g/mol. The molecular formula is C11H12N2O3. The van der Waals surface area contributed by atoms with Crippen molar-refractivity contribution >= 4 is 17.2 Å². The molecule has 1 aromatic carbocycles. The molecular weight excluding hydrogens is 208 g/mol. The lowest BCUT2D eigenvalue weighted by Gasteiger charge is -2.04. The number of aromatic nitrogens is 2. The van der Waals surface area contributed by atoms with Crippen molar-refractivity contribution in [2.75, 3.05) is 13.7 Å². The van der Waals surface area contributed by atoms with Crippen LogP contribution in [0.15, 0.2) is 30.6 Å². The summed E-state index contributed by atoms with van der Waals surface area (Å²) in [7, 11) is 1.29. The fraction of sp³-hybridized carbons (Fsp3) is 0.273. The predicted octanol–water partition coefficient (Wildman–Crippen LogP) is 1.82. The molecule has 0 bridgehead atoms. The number of para-hydroxylation sites is 2. The van der Waals surface area contributed by atoms with Gasteiger partial charge in [-0.2, -0.15) is 0 Å². The van der Waals surface area contributed by atoms with Crippen molar-refractivity contribution in [2.24, 2.45) is 0 Å². The molecule has 16 heavy (non-hydrogen) atoms. The van der Waals surface area contributed by atoms with E-state index in [0.717, 1.165) is 11.0 Å². The van der Waals surface area contributed by atoms with Crippen LogP contribution in [0.1, 0.15) is 0 Å². The molecule has 0 aliphatic rings. The minimum atomic E-state index is -0.663. The third-order valence-electron chi connectivity index (χ3n) is 2.25. The van der Waals surface area contributed by atoms with Gasteiger partial charge in [-0.05, 0) is 12.1 Å². The Balaban J connectivity index is 2.02. The van der Waals surface area contributed by atoms with Gasteiger partial charge in [-0.15, -0.1) is 0 Å². The molecule has 5 nitrogen and oxygen atoms in total. The Labute approximate surface area is 92.6 Å². The van der Waals surface area contributed by atoms with E-state index in [4.69, 9.17) is 4.74 Å². The van der Waals surface area contributed by atoms with Crippen molar-refractivity contribution in [3.8, 4) is 0 Å². The smallest absolute Gasteiger partial charge is 0.438 e. The Morgan fingerprint density at radius 2 is 2.25 bits per heavy atom. The molecule has 0 unspecified atom stereocenters. The number of nitrogens with zero attached hydrogens (tertiary/aromatic N) is 2. The number of rotatable bonds is 3. The Morgan fingerprint density at radius 3 is 3.06 bits per heavy atom. The zero-order valence-corrected chi connectivity index (χ0v) is 8.92. The van der Waals surface area contributed by atoms with Gasteiger partial charge < -0.3 is 14.0 Å². The number of imidazole rings is 1. The topological polar surface area (TPSA) is 53.4 Å². The van der Waals surface area contributed by atoms with E-state index in [-0.39, 0.29) is 6.61 Å². The standard InChI is InChI=1S/C11H12N2O3/c1-15-11(14)16-7-6-13-8-12-9-4-2-3-5-10(9)13/h2-5,8H,6-7H2,1H3. The van der Waals surface area contributed by atoms with E-state index >= 15 is 0 Å². The van der Waals surface area contributed by atoms with E-state index in [0.29, 0.717) is 6.54 Å². The van der Waals surface area contributed by atoms with Gasteiger partial charge in [-0.1, -0.05) is 12.1 Å². The Bertz CT molecular complexity index is 493. The highest BCUT2D eigenvalue weighted by molar-refractivity contribution is 5.74. The van der Waals surface area contributed by atoms with Crippen LogP contribution in [0, 0.1) is 0 Å². The van der Waals surface area contributed by atoms with Crippen LogP contribution in [-0.4, -0.2) is 29.4 Å². The van der Waals surface area contributed by atoms with Gasteiger partial charge in [0.25, 0.3) is 0 Å². The van der Waals surface area contributed by atoms with Gasteiger partial charge in [-0.3, -0.25) is 0 Å². The summed E-state index contributed by atoms with van der Waals surface area (Å²) in [6.45, 7) is 0.836. The molecule has 0 aliphatic carbocycles. The number of benzene rings is 1. The highest BCUT2D eigenvalue weighted by Crippen LogP contribution is 2.11. The molecule has 84 valence electrons. The second kappa shape index (κ2) is 4.65. The van der Waals surface area contributed by atoms with E-state index < -0.39 is 6.16 Å². The quantitative estimate of drug-likeness (QED) is 0.740. The van der Waals surface area contributed by atoms with Gasteiger partial charge in [0.1, 0.15) is 6.61 Å². The molecule has 0 fully saturated rings. The van der Waals surface area contributed by atoms with Gasteiger partial charge in [-0.25, -0.2) is 9.78 Å². The Hall–Kier alpha value is -2.04. The van der Waals surface area contributed by atoms with Crippen molar-refractivity contribution < 1.29 is 14.3 Å². The first kappa shape index (κ1) is 10.5. The molecule has 1 aromatic heterocycles. The summed E-state index contributed by atoms with van der Waals surface area (Å²) in [6, 6.07) is 7.79. The summed E-state index contributed by atoms with van der Waals surface area (Å²) in [5.41, 5.74) is 1.96. The van der Waals surface area contributed by atoms with Gasteiger partial charge >= 0.3 is 6.16 Å². The largest absolute Gasteiger partial charge is 0.508 e. The molecule has 0 radical (unpaired) electrons. The normalized spacial score (nSPS) is 10.3. The predicted molar refractivity (Wildman–Crippen MR) is 58.1 cm³/mol. The first-order valence-electron chi connectivity index (χ1n) is 4.92. The summed E-state index contributed by atoms with van der Waals surface area (Å²) < 4.78 is 11.1. The van der Waals surface area contributed by atoms with E-state index in [1.165, 1.54) is 7.11 Å². The van der Waals surface area contributed by atoms with Crippen molar-refractivity contribution in [3.05, 3.63) is 30.6 Å². The van der Waals surface area contributed by atoms with Crippen LogP contribution >= 0.6 is 0 Å². The first-order valence-corrected chi connectivity index (χ1v) is 4.92. The second-order valence-corrected chi connectivity index (χ2v) is 3.23. The highest BCUT2D eigenvalue weighted by Gasteiger charge is 2.03. The molecule has 0 aliphatic heterocycles. The van der Waals surface area contributed by atoms with E-state index in [1.54, 1.807) is 6.33 Å². The molecule has 1 heterocycles. The first-order chi connectivity index (χ1) is 7.81. The molecule has 0 N–H and O–H groups in total. The number of methoxy groups -OCH3 is 1. The molecule has 0 amide bonds. The molecule has 0 saturated heterocycles. The minimum Gasteiger partial charge on any atom is -0.438 e. The fourth-order valence-corrected chi connectivity index (χ4v) is 1.47. The van der Waals surface area contributed by atoms with Gasteiger partial charge in [0, 0.05) is 0 Å². The van der Waals surface area contributed by atoms with Gasteiger partial charge in [0.05, 0.1) is 31.0 Å². The van der Waals surface area contributed by atoms with Gasteiger partial charge in [0.2, 0.25) is 0 Å². The van der Waals surface area contributed by atoms with Crippen LogP contribution in [-0.2, 0) is 16.0 Å². The van der Waals surface area contributed by atoms with Crippen molar-refractivity contribution in [3.63, 3.8) is 0 Å². The average Bonchev–Trinajstić information content (AvgIpc) is 2.73. The SMILES string of the molecule is COC(=O)OCCn1cnc2ccccc21. The van der Waals surface area contributed by atoms with Crippen molar-refractivity contribution in [2.45, 2.75) is 6.54 Å². The molecule has 0 atom stereocenters. The van der Waals surface area contributed by atoms with E-state index in [9.17, 15) is 4.79 Å². The maximum absolute atomic E-state index is 10.7. The van der Waals surface area contributed by atoms with Crippen molar-refractivity contribution in [1.82, 2.24) is 9.55 Å². The zero-order chi connectivity index (χ0) is 11.4. The van der Waals surface area contributed by atoms with Crippen LogP contribution in [0.5, 0.6) is 0 Å². The third-order valence-corrected chi connectivity index (χ3v) is 2.25. The lowest BCUT2D eigenvalue weighted by atomic mass is 10.3. The molecule has 2 aromatic rings. The molecule has 0 saturated carbocycles. The number of hydrogen-bond donors (Lipinski definition) is 0.